The Morgan fingerprint density at radius 2 is 1.91 bits per heavy atom. The molecule has 0 aromatic rings. The number of likely N-dealkylation sites (N-methyl/N-ethyl adjacent to an activating group) is 1. The third kappa shape index (κ3) is 15.0. The van der Waals surface area contributed by atoms with Crippen LogP contribution in [0.5, 0.6) is 0 Å². The summed E-state index contributed by atoms with van der Waals surface area (Å²) in [6.07, 6.45) is 3.06. The molecule has 2 atom stereocenters. The predicted octanol–water partition coefficient (Wildman–Crippen LogP) is 1.58. The molecule has 0 heterocycles. The van der Waals surface area contributed by atoms with Crippen LogP contribution in [-0.2, 0) is 23.1 Å². The van der Waals surface area contributed by atoms with E-state index in [1.165, 1.54) is 0 Å². The van der Waals surface area contributed by atoms with Crippen molar-refractivity contribution in [1.82, 2.24) is 0 Å². The standard InChI is InChI=1S/C15H32NO6P/c1-6-8-11-20-15(13-19-10-7-2)14-22-23(17,18)21-12-9-16(3,4)5/h7,15H,2,6,8-14H2,1,3-5H3. The number of nitrogens with zero attached hydrogens (tertiary/aromatic N) is 1. The number of quaternary nitrogens is 1. The van der Waals surface area contributed by atoms with Crippen LogP contribution in [0.2, 0.25) is 0 Å². The molecule has 2 unspecified atom stereocenters. The van der Waals surface area contributed by atoms with Crippen molar-refractivity contribution in [3.8, 4) is 0 Å². The van der Waals surface area contributed by atoms with E-state index in [9.17, 15) is 9.46 Å². The summed E-state index contributed by atoms with van der Waals surface area (Å²) in [5, 5.41) is 0. The lowest BCUT2D eigenvalue weighted by atomic mass is 10.3. The summed E-state index contributed by atoms with van der Waals surface area (Å²) in [5.74, 6) is 0. The minimum atomic E-state index is -4.33. The van der Waals surface area contributed by atoms with Gasteiger partial charge in [-0.1, -0.05) is 19.4 Å². The van der Waals surface area contributed by atoms with E-state index in [4.69, 9.17) is 18.5 Å². The van der Waals surface area contributed by atoms with Gasteiger partial charge in [-0.15, -0.1) is 6.58 Å². The average molecular weight is 353 g/mol. The molecule has 0 aromatic heterocycles. The van der Waals surface area contributed by atoms with Gasteiger partial charge in [0.25, 0.3) is 7.82 Å². The molecule has 7 nitrogen and oxygen atoms in total. The molecule has 0 bridgehead atoms. The Morgan fingerprint density at radius 1 is 1.22 bits per heavy atom. The van der Waals surface area contributed by atoms with E-state index in [2.05, 4.69) is 13.5 Å². The fourth-order valence-corrected chi connectivity index (χ4v) is 2.19. The molecule has 0 saturated heterocycles. The topological polar surface area (TPSA) is 77.1 Å². The largest absolute Gasteiger partial charge is 0.756 e. The fraction of sp³-hybridized carbons (Fsp3) is 0.867. The molecule has 0 amide bonds. The van der Waals surface area contributed by atoms with E-state index >= 15 is 0 Å². The zero-order valence-corrected chi connectivity index (χ0v) is 15.8. The lowest BCUT2D eigenvalue weighted by molar-refractivity contribution is -0.870. The SMILES string of the molecule is C=CCOCC(COP(=O)([O-])OCC[N+](C)(C)C)OCCCC. The summed E-state index contributed by atoms with van der Waals surface area (Å²) >= 11 is 0. The lowest BCUT2D eigenvalue weighted by Crippen LogP contribution is -2.37. The van der Waals surface area contributed by atoms with Crippen molar-refractivity contribution in [2.45, 2.75) is 25.9 Å². The normalized spacial score (nSPS) is 16.0. The number of ether oxygens (including phenoxy) is 2. The maximum Gasteiger partial charge on any atom is 0.268 e. The molecule has 0 N–H and O–H groups in total. The van der Waals surface area contributed by atoms with Gasteiger partial charge in [-0.2, -0.15) is 0 Å². The van der Waals surface area contributed by atoms with Crippen molar-refractivity contribution in [1.29, 1.82) is 0 Å². The summed E-state index contributed by atoms with van der Waals surface area (Å²) in [5.41, 5.74) is 0. The number of hydrogen-bond donors (Lipinski definition) is 0. The van der Waals surface area contributed by atoms with Crippen molar-refractivity contribution >= 4 is 7.82 Å². The lowest BCUT2D eigenvalue weighted by Gasteiger charge is -2.28. The fourth-order valence-electron chi connectivity index (χ4n) is 1.46. The van der Waals surface area contributed by atoms with E-state index < -0.39 is 13.9 Å². The van der Waals surface area contributed by atoms with E-state index in [0.29, 0.717) is 24.2 Å². The molecular formula is C15H32NO6P. The van der Waals surface area contributed by atoms with Crippen LogP contribution >= 0.6 is 7.82 Å². The Balaban J connectivity index is 4.21. The molecule has 0 aliphatic heterocycles. The number of phosphoric acid groups is 1. The first kappa shape index (κ1) is 22.7. The molecule has 138 valence electrons. The molecule has 0 spiro atoms. The molecule has 0 fully saturated rings. The highest BCUT2D eigenvalue weighted by atomic mass is 31.2. The number of hydrogen-bond acceptors (Lipinski definition) is 6. The number of rotatable bonds is 15. The second-order valence-corrected chi connectivity index (χ2v) is 7.67. The highest BCUT2D eigenvalue weighted by molar-refractivity contribution is 7.45. The van der Waals surface area contributed by atoms with Crippen LogP contribution in [0.1, 0.15) is 19.8 Å². The quantitative estimate of drug-likeness (QED) is 0.193. The van der Waals surface area contributed by atoms with Gasteiger partial charge >= 0.3 is 0 Å². The highest BCUT2D eigenvalue weighted by Crippen LogP contribution is 2.38. The summed E-state index contributed by atoms with van der Waals surface area (Å²) in [7, 11) is 1.53. The molecule has 0 radical (unpaired) electrons. The molecule has 8 heteroatoms. The van der Waals surface area contributed by atoms with Gasteiger partial charge in [0.1, 0.15) is 19.3 Å². The van der Waals surface area contributed by atoms with E-state index in [0.717, 1.165) is 12.8 Å². The maximum atomic E-state index is 11.7. The van der Waals surface area contributed by atoms with E-state index in [1.54, 1.807) is 6.08 Å². The Morgan fingerprint density at radius 3 is 2.48 bits per heavy atom. The second kappa shape index (κ2) is 12.1. The molecule has 0 aromatic carbocycles. The Bertz CT molecular complexity index is 358. The van der Waals surface area contributed by atoms with Gasteiger partial charge in [0.05, 0.1) is 41.0 Å². The van der Waals surface area contributed by atoms with Gasteiger partial charge in [-0.05, 0) is 6.42 Å². The molecule has 0 aliphatic rings. The van der Waals surface area contributed by atoms with Gasteiger partial charge in [-0.25, -0.2) is 0 Å². The number of phosphoric ester groups is 1. The van der Waals surface area contributed by atoms with Gasteiger partial charge in [-0.3, -0.25) is 4.57 Å². The number of unbranched alkanes of at least 4 members (excludes halogenated alkanes) is 1. The Kier molecular flexibility index (Phi) is 12.0. The molecular weight excluding hydrogens is 321 g/mol. The smallest absolute Gasteiger partial charge is 0.268 e. The second-order valence-electron chi connectivity index (χ2n) is 6.26. The van der Waals surface area contributed by atoms with Crippen LogP contribution in [0.4, 0.5) is 0 Å². The van der Waals surface area contributed by atoms with Crippen molar-refractivity contribution < 1.29 is 32.5 Å². The van der Waals surface area contributed by atoms with Crippen LogP contribution in [0.15, 0.2) is 12.7 Å². The third-order valence-corrected chi connectivity index (χ3v) is 3.79. The van der Waals surface area contributed by atoms with Crippen LogP contribution in [0.25, 0.3) is 0 Å². The molecule has 0 saturated carbocycles. The third-order valence-electron chi connectivity index (χ3n) is 2.82. The maximum absolute atomic E-state index is 11.7. The first-order valence-corrected chi connectivity index (χ1v) is 9.37. The van der Waals surface area contributed by atoms with Crippen molar-refractivity contribution in [3.63, 3.8) is 0 Å². The van der Waals surface area contributed by atoms with E-state index in [-0.39, 0.29) is 19.8 Å². The van der Waals surface area contributed by atoms with Gasteiger partial charge in [0.2, 0.25) is 0 Å². The van der Waals surface area contributed by atoms with Crippen molar-refractivity contribution in [2.24, 2.45) is 0 Å². The van der Waals surface area contributed by atoms with E-state index in [1.807, 2.05) is 21.1 Å². The van der Waals surface area contributed by atoms with Crippen LogP contribution in [0.3, 0.4) is 0 Å². The zero-order valence-electron chi connectivity index (χ0n) is 14.9. The minimum absolute atomic E-state index is 0.0819. The average Bonchev–Trinajstić information content (AvgIpc) is 2.43. The van der Waals surface area contributed by atoms with Gasteiger partial charge in [0.15, 0.2) is 0 Å². The van der Waals surface area contributed by atoms with Gasteiger partial charge < -0.3 is 27.9 Å². The molecule has 0 aliphatic carbocycles. The molecule has 23 heavy (non-hydrogen) atoms. The van der Waals surface area contributed by atoms with Crippen molar-refractivity contribution in [2.75, 3.05) is 60.7 Å². The Hall–Kier alpha value is -0.270. The summed E-state index contributed by atoms with van der Waals surface area (Å²) in [6, 6.07) is 0. The Labute approximate surface area is 140 Å². The zero-order chi connectivity index (χ0) is 17.8. The van der Waals surface area contributed by atoms with Crippen LogP contribution < -0.4 is 4.89 Å². The van der Waals surface area contributed by atoms with Crippen molar-refractivity contribution in [3.05, 3.63) is 12.7 Å². The summed E-state index contributed by atoms with van der Waals surface area (Å²) in [6.45, 7) is 7.30. The first-order chi connectivity index (χ1) is 10.7. The van der Waals surface area contributed by atoms with Gasteiger partial charge in [0, 0.05) is 6.61 Å². The minimum Gasteiger partial charge on any atom is -0.756 e. The molecule has 0 rings (SSSR count). The first-order valence-electron chi connectivity index (χ1n) is 7.91. The monoisotopic (exact) mass is 353 g/mol. The van der Waals surface area contributed by atoms with Crippen LogP contribution in [-0.4, -0.2) is 71.3 Å². The summed E-state index contributed by atoms with van der Waals surface area (Å²) < 4.78 is 33.0. The highest BCUT2D eigenvalue weighted by Gasteiger charge is 2.17. The predicted molar refractivity (Wildman–Crippen MR) is 88.1 cm³/mol. The summed E-state index contributed by atoms with van der Waals surface area (Å²) in [4.78, 5) is 11.7. The van der Waals surface area contributed by atoms with Crippen LogP contribution in [0, 0.1) is 0 Å².